The van der Waals surface area contributed by atoms with Gasteiger partial charge in [-0.3, -0.25) is 4.90 Å². The molecule has 4 heteroatoms. The minimum atomic E-state index is -0.197. The lowest BCUT2D eigenvalue weighted by Crippen LogP contribution is -2.56. The van der Waals surface area contributed by atoms with E-state index in [-0.39, 0.29) is 5.54 Å². The molecule has 0 radical (unpaired) electrons. The van der Waals surface area contributed by atoms with Gasteiger partial charge in [0.1, 0.15) is 5.54 Å². The predicted octanol–water partition coefficient (Wildman–Crippen LogP) is 1.05. The number of nitrogens with one attached hydrogen (secondary N) is 1. The molecule has 0 spiro atoms. The van der Waals surface area contributed by atoms with Gasteiger partial charge in [-0.1, -0.05) is 0 Å². The smallest absolute Gasteiger partial charge is 0.111 e. The van der Waals surface area contributed by atoms with E-state index < -0.39 is 0 Å². The standard InChI is InChI=1S/C14H26N4/c1-13(2)17-9-4-14(12-15,5-10-17)18-8-3-6-16-7-11-18/h13,16H,3-11H2,1-2H3. The molecule has 0 aromatic heterocycles. The first kappa shape index (κ1) is 13.8. The van der Waals surface area contributed by atoms with E-state index in [4.69, 9.17) is 0 Å². The van der Waals surface area contributed by atoms with Gasteiger partial charge in [-0.05, 0) is 39.7 Å². The molecule has 0 bridgehead atoms. The van der Waals surface area contributed by atoms with Crippen molar-refractivity contribution in [3.63, 3.8) is 0 Å². The van der Waals surface area contributed by atoms with Crippen LogP contribution in [-0.2, 0) is 0 Å². The molecule has 0 aliphatic carbocycles. The molecule has 0 atom stereocenters. The number of hydrogen-bond acceptors (Lipinski definition) is 4. The molecule has 2 aliphatic rings. The Morgan fingerprint density at radius 3 is 2.44 bits per heavy atom. The zero-order valence-corrected chi connectivity index (χ0v) is 11.8. The monoisotopic (exact) mass is 250 g/mol. The highest BCUT2D eigenvalue weighted by atomic mass is 15.3. The molecule has 0 amide bonds. The molecule has 4 nitrogen and oxygen atoms in total. The van der Waals surface area contributed by atoms with E-state index in [2.05, 4.69) is 35.0 Å². The average molecular weight is 250 g/mol. The van der Waals surface area contributed by atoms with Crippen molar-refractivity contribution >= 4 is 0 Å². The van der Waals surface area contributed by atoms with E-state index >= 15 is 0 Å². The number of piperidine rings is 1. The molecule has 2 fully saturated rings. The van der Waals surface area contributed by atoms with Crippen LogP contribution in [0.15, 0.2) is 0 Å². The number of nitrogens with zero attached hydrogens (tertiary/aromatic N) is 3. The van der Waals surface area contributed by atoms with Gasteiger partial charge in [0.05, 0.1) is 6.07 Å². The molecule has 18 heavy (non-hydrogen) atoms. The van der Waals surface area contributed by atoms with Gasteiger partial charge in [0.15, 0.2) is 0 Å². The van der Waals surface area contributed by atoms with Crippen LogP contribution in [0.2, 0.25) is 0 Å². The molecule has 2 aliphatic heterocycles. The number of likely N-dealkylation sites (tertiary alicyclic amines) is 1. The van der Waals surface area contributed by atoms with Crippen LogP contribution >= 0.6 is 0 Å². The fourth-order valence-corrected chi connectivity index (χ4v) is 3.18. The van der Waals surface area contributed by atoms with E-state index in [9.17, 15) is 5.26 Å². The van der Waals surface area contributed by atoms with Gasteiger partial charge in [-0.15, -0.1) is 0 Å². The van der Waals surface area contributed by atoms with Gasteiger partial charge in [0.2, 0.25) is 0 Å². The highest BCUT2D eigenvalue weighted by molar-refractivity contribution is 5.11. The third-order valence-electron chi connectivity index (χ3n) is 4.51. The Morgan fingerprint density at radius 1 is 1.11 bits per heavy atom. The van der Waals surface area contributed by atoms with Crippen molar-refractivity contribution in [1.82, 2.24) is 15.1 Å². The molecule has 2 heterocycles. The van der Waals surface area contributed by atoms with Crippen LogP contribution in [0, 0.1) is 11.3 Å². The summed E-state index contributed by atoms with van der Waals surface area (Å²) >= 11 is 0. The fraction of sp³-hybridized carbons (Fsp3) is 0.929. The molecule has 2 saturated heterocycles. The summed E-state index contributed by atoms with van der Waals surface area (Å²) < 4.78 is 0. The average Bonchev–Trinajstić information content (AvgIpc) is 2.68. The summed E-state index contributed by atoms with van der Waals surface area (Å²) in [5, 5.41) is 13.1. The Hall–Kier alpha value is -0.630. The van der Waals surface area contributed by atoms with Gasteiger partial charge >= 0.3 is 0 Å². The Bertz CT molecular complexity index is 291. The molecule has 0 unspecified atom stereocenters. The highest BCUT2D eigenvalue weighted by Gasteiger charge is 2.40. The van der Waals surface area contributed by atoms with Crippen LogP contribution in [0.5, 0.6) is 0 Å². The Kier molecular flexibility index (Phi) is 4.60. The van der Waals surface area contributed by atoms with E-state index in [0.29, 0.717) is 6.04 Å². The Morgan fingerprint density at radius 2 is 1.83 bits per heavy atom. The first-order valence-electron chi connectivity index (χ1n) is 7.29. The first-order chi connectivity index (χ1) is 8.68. The largest absolute Gasteiger partial charge is 0.315 e. The van der Waals surface area contributed by atoms with Crippen LogP contribution in [0.1, 0.15) is 33.1 Å². The normalized spacial score (nSPS) is 26.8. The van der Waals surface area contributed by atoms with Crippen molar-refractivity contribution in [2.75, 3.05) is 39.3 Å². The van der Waals surface area contributed by atoms with Crippen LogP contribution in [-0.4, -0.2) is 60.6 Å². The van der Waals surface area contributed by atoms with Crippen LogP contribution in [0.4, 0.5) is 0 Å². The van der Waals surface area contributed by atoms with Crippen molar-refractivity contribution in [1.29, 1.82) is 5.26 Å². The molecule has 0 aromatic rings. The molecule has 2 rings (SSSR count). The second-order valence-corrected chi connectivity index (χ2v) is 5.86. The summed E-state index contributed by atoms with van der Waals surface area (Å²) in [6, 6.07) is 3.25. The summed E-state index contributed by atoms with van der Waals surface area (Å²) in [4.78, 5) is 4.93. The maximum absolute atomic E-state index is 9.68. The number of rotatable bonds is 2. The quantitative estimate of drug-likeness (QED) is 0.795. The Balaban J connectivity index is 2.01. The summed E-state index contributed by atoms with van der Waals surface area (Å²) in [5.74, 6) is 0. The van der Waals surface area contributed by atoms with Crippen LogP contribution in [0.3, 0.4) is 0 Å². The zero-order valence-electron chi connectivity index (χ0n) is 11.8. The number of nitriles is 1. The second kappa shape index (κ2) is 6.01. The van der Waals surface area contributed by atoms with Crippen molar-refractivity contribution in [2.45, 2.75) is 44.7 Å². The van der Waals surface area contributed by atoms with Gasteiger partial charge in [0.25, 0.3) is 0 Å². The molecule has 0 aromatic carbocycles. The summed E-state index contributed by atoms with van der Waals surface area (Å²) in [5.41, 5.74) is -0.197. The van der Waals surface area contributed by atoms with Crippen LogP contribution in [0.25, 0.3) is 0 Å². The molecular weight excluding hydrogens is 224 g/mol. The lowest BCUT2D eigenvalue weighted by atomic mass is 9.86. The first-order valence-corrected chi connectivity index (χ1v) is 7.29. The maximum atomic E-state index is 9.68. The zero-order chi connectivity index (χ0) is 13.0. The number of hydrogen-bond donors (Lipinski definition) is 1. The van der Waals surface area contributed by atoms with Crippen molar-refractivity contribution in [3.8, 4) is 6.07 Å². The fourth-order valence-electron chi connectivity index (χ4n) is 3.18. The predicted molar refractivity (Wildman–Crippen MR) is 73.3 cm³/mol. The molecule has 1 N–H and O–H groups in total. The molecular formula is C14H26N4. The van der Waals surface area contributed by atoms with Gasteiger partial charge in [0, 0.05) is 38.8 Å². The van der Waals surface area contributed by atoms with Crippen molar-refractivity contribution < 1.29 is 0 Å². The third-order valence-corrected chi connectivity index (χ3v) is 4.51. The van der Waals surface area contributed by atoms with Gasteiger partial charge in [-0.2, -0.15) is 5.26 Å². The lowest BCUT2D eigenvalue weighted by molar-refractivity contribution is 0.0534. The van der Waals surface area contributed by atoms with Gasteiger partial charge < -0.3 is 10.2 Å². The van der Waals surface area contributed by atoms with Crippen LogP contribution < -0.4 is 5.32 Å². The van der Waals surface area contributed by atoms with E-state index in [1.165, 1.54) is 0 Å². The van der Waals surface area contributed by atoms with E-state index in [1.807, 2.05) is 0 Å². The highest BCUT2D eigenvalue weighted by Crippen LogP contribution is 2.29. The van der Waals surface area contributed by atoms with Gasteiger partial charge in [-0.25, -0.2) is 0 Å². The molecule has 0 saturated carbocycles. The maximum Gasteiger partial charge on any atom is 0.111 e. The minimum Gasteiger partial charge on any atom is -0.315 e. The SMILES string of the molecule is CC(C)N1CCC(C#N)(N2CCCNCC2)CC1. The van der Waals surface area contributed by atoms with E-state index in [0.717, 1.165) is 58.5 Å². The summed E-state index contributed by atoms with van der Waals surface area (Å²) in [7, 11) is 0. The third kappa shape index (κ3) is 2.85. The Labute approximate surface area is 111 Å². The van der Waals surface area contributed by atoms with Crippen molar-refractivity contribution in [2.24, 2.45) is 0 Å². The minimum absolute atomic E-state index is 0.197. The molecule has 102 valence electrons. The lowest BCUT2D eigenvalue weighted by Gasteiger charge is -2.45. The van der Waals surface area contributed by atoms with E-state index in [1.54, 1.807) is 0 Å². The topological polar surface area (TPSA) is 42.3 Å². The van der Waals surface area contributed by atoms with Crippen molar-refractivity contribution in [3.05, 3.63) is 0 Å². The summed E-state index contributed by atoms with van der Waals surface area (Å²) in [6.45, 7) is 10.8. The second-order valence-electron chi connectivity index (χ2n) is 5.86. The summed E-state index contributed by atoms with van der Waals surface area (Å²) in [6.07, 6.45) is 3.17.